The zero-order valence-corrected chi connectivity index (χ0v) is 16.7. The molecule has 3 nitrogen and oxygen atoms in total. The number of carbonyl (C=O) groups excluding carboxylic acids is 1. The Morgan fingerprint density at radius 1 is 1.08 bits per heavy atom. The van der Waals surface area contributed by atoms with Crippen LogP contribution in [-0.2, 0) is 17.8 Å². The van der Waals surface area contributed by atoms with Crippen molar-refractivity contribution < 1.29 is 4.79 Å². The maximum Gasteiger partial charge on any atom is 0.194 e. The lowest BCUT2D eigenvalue weighted by Gasteiger charge is -2.17. The van der Waals surface area contributed by atoms with E-state index in [-0.39, 0.29) is 16.8 Å². The molecule has 0 bridgehead atoms. The quantitative estimate of drug-likeness (QED) is 0.479. The van der Waals surface area contributed by atoms with Gasteiger partial charge in [0.25, 0.3) is 0 Å². The van der Waals surface area contributed by atoms with Crippen LogP contribution in [0.1, 0.15) is 16.4 Å². The van der Waals surface area contributed by atoms with Crippen LogP contribution in [0.5, 0.6) is 0 Å². The van der Waals surface area contributed by atoms with E-state index in [4.69, 9.17) is 34.8 Å². The van der Waals surface area contributed by atoms with Gasteiger partial charge >= 0.3 is 0 Å². The van der Waals surface area contributed by atoms with Crippen LogP contribution in [0.4, 0.5) is 0 Å². The maximum atomic E-state index is 12.6. The molecule has 2 aromatic carbocycles. The summed E-state index contributed by atoms with van der Waals surface area (Å²) in [5.74, 6) is 0. The molecule has 3 rings (SSSR count). The Kier molecular flexibility index (Phi) is 6.65. The van der Waals surface area contributed by atoms with Crippen molar-refractivity contribution in [1.82, 2.24) is 9.55 Å². The van der Waals surface area contributed by atoms with Gasteiger partial charge in [0.1, 0.15) is 0 Å². The van der Waals surface area contributed by atoms with Crippen molar-refractivity contribution >= 4 is 51.7 Å². The van der Waals surface area contributed by atoms with E-state index in [0.717, 1.165) is 11.1 Å². The van der Waals surface area contributed by atoms with Gasteiger partial charge in [-0.25, -0.2) is 4.98 Å². The standard InChI is InChI=1S/C19H15Cl3N2OS/c20-15-4-1-13(2-5-15)18(11-24-8-7-23-12-24)26-19(25)9-14-3-6-16(21)10-17(14)22/h1-8,10,12,18H,9,11H2. The summed E-state index contributed by atoms with van der Waals surface area (Å²) < 4.78 is 1.95. The second-order valence-electron chi connectivity index (χ2n) is 5.70. The van der Waals surface area contributed by atoms with Gasteiger partial charge in [-0.2, -0.15) is 0 Å². The number of rotatable bonds is 6. The molecule has 1 aromatic heterocycles. The molecule has 0 fully saturated rings. The number of thioether (sulfide) groups is 1. The minimum Gasteiger partial charge on any atom is -0.336 e. The number of hydrogen-bond acceptors (Lipinski definition) is 3. The Morgan fingerprint density at radius 2 is 1.81 bits per heavy atom. The molecule has 0 aliphatic rings. The van der Waals surface area contributed by atoms with E-state index in [9.17, 15) is 4.79 Å². The number of aromatic nitrogens is 2. The van der Waals surface area contributed by atoms with Crippen molar-refractivity contribution in [2.75, 3.05) is 0 Å². The van der Waals surface area contributed by atoms with Gasteiger partial charge in [-0.3, -0.25) is 4.79 Å². The van der Waals surface area contributed by atoms with Gasteiger partial charge in [0.2, 0.25) is 0 Å². The second kappa shape index (κ2) is 8.96. The molecular weight excluding hydrogens is 411 g/mol. The molecule has 0 amide bonds. The van der Waals surface area contributed by atoms with Crippen LogP contribution in [0, 0.1) is 0 Å². The van der Waals surface area contributed by atoms with Gasteiger partial charge in [0.15, 0.2) is 5.12 Å². The summed E-state index contributed by atoms with van der Waals surface area (Å²) in [7, 11) is 0. The molecule has 7 heteroatoms. The molecule has 0 saturated carbocycles. The molecule has 1 heterocycles. The molecule has 0 aliphatic heterocycles. The van der Waals surface area contributed by atoms with Crippen LogP contribution < -0.4 is 0 Å². The highest BCUT2D eigenvalue weighted by Gasteiger charge is 2.19. The molecule has 134 valence electrons. The van der Waals surface area contributed by atoms with Crippen LogP contribution in [0.25, 0.3) is 0 Å². The summed E-state index contributed by atoms with van der Waals surface area (Å²) in [6.45, 7) is 0.631. The summed E-state index contributed by atoms with van der Waals surface area (Å²) >= 11 is 19.4. The Morgan fingerprint density at radius 3 is 2.46 bits per heavy atom. The summed E-state index contributed by atoms with van der Waals surface area (Å²) in [5.41, 5.74) is 1.80. The monoisotopic (exact) mass is 424 g/mol. The highest BCUT2D eigenvalue weighted by molar-refractivity contribution is 8.13. The van der Waals surface area contributed by atoms with Gasteiger partial charge < -0.3 is 4.57 Å². The first-order chi connectivity index (χ1) is 12.5. The summed E-state index contributed by atoms with van der Waals surface area (Å²) in [4.78, 5) is 16.7. The average molecular weight is 426 g/mol. The molecule has 26 heavy (non-hydrogen) atoms. The number of nitrogens with zero attached hydrogens (tertiary/aromatic N) is 2. The summed E-state index contributed by atoms with van der Waals surface area (Å²) in [6.07, 6.45) is 5.58. The van der Waals surface area contributed by atoms with Crippen LogP contribution in [-0.4, -0.2) is 14.7 Å². The fourth-order valence-electron chi connectivity index (χ4n) is 2.50. The van der Waals surface area contributed by atoms with Crippen molar-refractivity contribution in [1.29, 1.82) is 0 Å². The lowest BCUT2D eigenvalue weighted by atomic mass is 10.1. The molecule has 0 N–H and O–H groups in total. The number of imidazole rings is 1. The Bertz CT molecular complexity index is 882. The largest absolute Gasteiger partial charge is 0.336 e. The summed E-state index contributed by atoms with van der Waals surface area (Å²) in [5, 5.41) is 1.70. The van der Waals surface area contributed by atoms with Gasteiger partial charge in [-0.05, 0) is 35.4 Å². The number of carbonyl (C=O) groups is 1. The smallest absolute Gasteiger partial charge is 0.194 e. The Balaban J connectivity index is 1.75. The Labute approximate surface area is 171 Å². The van der Waals surface area contributed by atoms with Crippen molar-refractivity contribution in [3.8, 4) is 0 Å². The highest BCUT2D eigenvalue weighted by atomic mass is 35.5. The first kappa shape index (κ1) is 19.3. The molecule has 0 aliphatic carbocycles. The van der Waals surface area contributed by atoms with Crippen LogP contribution in [0.3, 0.4) is 0 Å². The molecule has 1 atom stereocenters. The first-order valence-electron chi connectivity index (χ1n) is 7.86. The summed E-state index contributed by atoms with van der Waals surface area (Å²) in [6, 6.07) is 12.7. The van der Waals surface area contributed by atoms with Gasteiger partial charge in [0.05, 0.1) is 11.6 Å². The van der Waals surface area contributed by atoms with E-state index >= 15 is 0 Å². The van der Waals surface area contributed by atoms with Crippen molar-refractivity contribution in [3.63, 3.8) is 0 Å². The Hall–Kier alpha value is -1.46. The van der Waals surface area contributed by atoms with Crippen LogP contribution in [0.2, 0.25) is 15.1 Å². The third-order valence-corrected chi connectivity index (χ3v) is 5.75. The molecule has 0 radical (unpaired) electrons. The van der Waals surface area contributed by atoms with E-state index in [0.29, 0.717) is 21.6 Å². The SMILES string of the molecule is O=C(Cc1ccc(Cl)cc1Cl)SC(Cn1ccnc1)c1ccc(Cl)cc1. The van der Waals surface area contributed by atoms with Gasteiger partial charge in [-0.1, -0.05) is 64.8 Å². The van der Waals surface area contributed by atoms with E-state index in [2.05, 4.69) is 4.98 Å². The molecule has 0 saturated heterocycles. The van der Waals surface area contributed by atoms with E-state index in [1.54, 1.807) is 30.7 Å². The van der Waals surface area contributed by atoms with Crippen LogP contribution in [0.15, 0.2) is 61.2 Å². The average Bonchev–Trinajstić information content (AvgIpc) is 3.11. The van der Waals surface area contributed by atoms with Crippen molar-refractivity contribution in [3.05, 3.63) is 87.4 Å². The van der Waals surface area contributed by atoms with Crippen molar-refractivity contribution in [2.24, 2.45) is 0 Å². The third-order valence-electron chi connectivity index (χ3n) is 3.80. The first-order valence-corrected chi connectivity index (χ1v) is 9.87. The van der Waals surface area contributed by atoms with Gasteiger partial charge in [-0.15, -0.1) is 0 Å². The molecule has 3 aromatic rings. The lowest BCUT2D eigenvalue weighted by molar-refractivity contribution is -0.110. The third kappa shape index (κ3) is 5.27. The number of benzene rings is 2. The predicted molar refractivity (Wildman–Crippen MR) is 109 cm³/mol. The second-order valence-corrected chi connectivity index (χ2v) is 8.24. The fraction of sp³-hybridized carbons (Fsp3) is 0.158. The highest BCUT2D eigenvalue weighted by Crippen LogP contribution is 2.33. The lowest BCUT2D eigenvalue weighted by Crippen LogP contribution is -2.09. The maximum absolute atomic E-state index is 12.6. The van der Waals surface area contributed by atoms with E-state index in [1.807, 2.05) is 35.0 Å². The normalized spacial score (nSPS) is 12.1. The number of halogens is 3. The molecule has 0 spiro atoms. The fourth-order valence-corrected chi connectivity index (χ4v) is 4.19. The number of hydrogen-bond donors (Lipinski definition) is 0. The zero-order valence-electron chi connectivity index (χ0n) is 13.6. The van der Waals surface area contributed by atoms with E-state index < -0.39 is 0 Å². The van der Waals surface area contributed by atoms with Crippen LogP contribution >= 0.6 is 46.6 Å². The molecule has 1 unspecified atom stereocenters. The topological polar surface area (TPSA) is 34.9 Å². The minimum atomic E-state index is -0.0555. The van der Waals surface area contributed by atoms with Gasteiger partial charge in [0, 0.05) is 40.4 Å². The predicted octanol–water partition coefficient (Wildman–Crippen LogP) is 6.09. The zero-order chi connectivity index (χ0) is 18.5. The molecular formula is C19H15Cl3N2OS. The minimum absolute atomic E-state index is 0.0364. The van der Waals surface area contributed by atoms with E-state index in [1.165, 1.54) is 11.8 Å². The van der Waals surface area contributed by atoms with Crippen molar-refractivity contribution in [2.45, 2.75) is 18.2 Å².